The molecule has 126 valence electrons. The molecule has 1 aromatic heterocycles. The van der Waals surface area contributed by atoms with E-state index >= 15 is 0 Å². The molecule has 3 rings (SSSR count). The number of amides is 2. The summed E-state index contributed by atoms with van der Waals surface area (Å²) in [4.78, 5) is 36.4. The molecule has 0 radical (unpaired) electrons. The molecule has 2 aliphatic heterocycles. The Bertz CT molecular complexity index is 547. The van der Waals surface area contributed by atoms with Crippen molar-refractivity contribution in [3.05, 3.63) is 18.0 Å². The van der Waals surface area contributed by atoms with Gasteiger partial charge in [0.2, 0.25) is 11.8 Å². The zero-order valence-electron chi connectivity index (χ0n) is 12.8. The van der Waals surface area contributed by atoms with E-state index < -0.39 is 0 Å². The van der Waals surface area contributed by atoms with Gasteiger partial charge in [-0.3, -0.25) is 19.5 Å². The molecular formula is C14H20N4O5. The second-order valence-electron chi connectivity index (χ2n) is 5.50. The first-order chi connectivity index (χ1) is 11.1. The normalized spacial score (nSPS) is 23.6. The van der Waals surface area contributed by atoms with Crippen molar-refractivity contribution in [2.24, 2.45) is 5.92 Å². The number of hydrogen-bond acceptors (Lipinski definition) is 5. The zero-order valence-corrected chi connectivity index (χ0v) is 12.8. The van der Waals surface area contributed by atoms with E-state index in [4.69, 9.17) is 14.6 Å². The van der Waals surface area contributed by atoms with Crippen molar-refractivity contribution in [2.75, 3.05) is 33.4 Å². The molecule has 0 spiro atoms. The highest BCUT2D eigenvalue weighted by atomic mass is 16.5. The van der Waals surface area contributed by atoms with E-state index in [-0.39, 0.29) is 36.7 Å². The average molecular weight is 324 g/mol. The van der Waals surface area contributed by atoms with Crippen molar-refractivity contribution in [1.82, 2.24) is 20.0 Å². The molecule has 9 heteroatoms. The predicted molar refractivity (Wildman–Crippen MR) is 78.4 cm³/mol. The smallest absolute Gasteiger partial charge is 0.290 e. The summed E-state index contributed by atoms with van der Waals surface area (Å²) >= 11 is 0. The van der Waals surface area contributed by atoms with E-state index in [2.05, 4.69) is 10.2 Å². The number of aromatic nitrogens is 2. The topological polar surface area (TPSA) is 116 Å². The van der Waals surface area contributed by atoms with Gasteiger partial charge in [-0.15, -0.1) is 0 Å². The maximum atomic E-state index is 12.4. The summed E-state index contributed by atoms with van der Waals surface area (Å²) < 4.78 is 5.52. The molecule has 2 saturated heterocycles. The first-order valence-electron chi connectivity index (χ1n) is 7.25. The van der Waals surface area contributed by atoms with Crippen molar-refractivity contribution in [3.63, 3.8) is 0 Å². The van der Waals surface area contributed by atoms with Gasteiger partial charge in [-0.05, 0) is 6.07 Å². The molecule has 1 aromatic rings. The Balaban J connectivity index is 0.000000595. The summed E-state index contributed by atoms with van der Waals surface area (Å²) in [7, 11) is 1.79. The van der Waals surface area contributed by atoms with E-state index in [1.807, 2.05) is 0 Å². The van der Waals surface area contributed by atoms with Crippen LogP contribution in [-0.4, -0.2) is 82.8 Å². The van der Waals surface area contributed by atoms with Crippen LogP contribution in [0, 0.1) is 5.92 Å². The monoisotopic (exact) mass is 324 g/mol. The van der Waals surface area contributed by atoms with Gasteiger partial charge in [-0.1, -0.05) is 0 Å². The molecule has 9 nitrogen and oxygen atoms in total. The lowest BCUT2D eigenvalue weighted by atomic mass is 10.1. The summed E-state index contributed by atoms with van der Waals surface area (Å²) in [5.74, 6) is -0.156. The minimum atomic E-state index is -0.252. The Kier molecular flexibility index (Phi) is 5.69. The SMILES string of the molecule is CN1C(=O)[C@H]2COC[C@@H]1CN(C(=O)Cc1ccn[nH]1)C2.O=CO. The largest absolute Gasteiger partial charge is 0.483 e. The van der Waals surface area contributed by atoms with E-state index in [1.54, 1.807) is 29.1 Å². The Morgan fingerprint density at radius 3 is 2.91 bits per heavy atom. The van der Waals surface area contributed by atoms with Gasteiger partial charge in [0, 0.05) is 32.0 Å². The molecule has 2 bridgehead atoms. The van der Waals surface area contributed by atoms with Gasteiger partial charge in [0.25, 0.3) is 6.47 Å². The highest BCUT2D eigenvalue weighted by Gasteiger charge is 2.38. The lowest BCUT2D eigenvalue weighted by Crippen LogP contribution is -2.45. The molecule has 2 N–H and O–H groups in total. The quantitative estimate of drug-likeness (QED) is 0.672. The summed E-state index contributed by atoms with van der Waals surface area (Å²) in [6.07, 6.45) is 1.92. The van der Waals surface area contributed by atoms with Crippen molar-refractivity contribution in [3.8, 4) is 0 Å². The lowest BCUT2D eigenvalue weighted by molar-refractivity contribution is -0.134. The van der Waals surface area contributed by atoms with E-state index in [9.17, 15) is 9.59 Å². The third-order valence-electron chi connectivity index (χ3n) is 4.00. The summed E-state index contributed by atoms with van der Waals surface area (Å²) in [5, 5.41) is 13.5. The van der Waals surface area contributed by atoms with Crippen LogP contribution in [0.3, 0.4) is 0 Å². The number of nitrogens with one attached hydrogen (secondary N) is 1. The molecule has 2 atom stereocenters. The molecule has 2 aliphatic rings. The Hall–Kier alpha value is -2.42. The van der Waals surface area contributed by atoms with Crippen LogP contribution in [0.2, 0.25) is 0 Å². The Morgan fingerprint density at radius 1 is 1.52 bits per heavy atom. The zero-order chi connectivity index (χ0) is 16.8. The molecule has 23 heavy (non-hydrogen) atoms. The number of nitrogens with zero attached hydrogens (tertiary/aromatic N) is 3. The van der Waals surface area contributed by atoms with Crippen molar-refractivity contribution in [1.29, 1.82) is 0 Å². The number of likely N-dealkylation sites (N-methyl/N-ethyl adjacent to an activating group) is 1. The predicted octanol–water partition coefficient (Wildman–Crippen LogP) is -1.03. The number of H-pyrrole nitrogens is 1. The van der Waals surface area contributed by atoms with Gasteiger partial charge in [0.15, 0.2) is 0 Å². The standard InChI is InChI=1S/C13H18N4O3.CH2O2/c1-16-11-6-17(5-9(13(16)19)7-20-8-11)12(18)4-10-2-3-14-15-10;2-1-3/h2-3,9,11H,4-8H2,1H3,(H,14,15);1H,(H,2,3)/t9-,11+;/m1./s1. The van der Waals surface area contributed by atoms with Crippen LogP contribution in [0.4, 0.5) is 0 Å². The maximum Gasteiger partial charge on any atom is 0.290 e. The fourth-order valence-electron chi connectivity index (χ4n) is 2.76. The fraction of sp³-hybridized carbons (Fsp3) is 0.571. The summed E-state index contributed by atoms with van der Waals surface area (Å²) in [5.41, 5.74) is 0.792. The van der Waals surface area contributed by atoms with Crippen molar-refractivity contribution in [2.45, 2.75) is 12.5 Å². The first kappa shape index (κ1) is 16.9. The van der Waals surface area contributed by atoms with Gasteiger partial charge in [0.05, 0.1) is 31.6 Å². The van der Waals surface area contributed by atoms with Gasteiger partial charge in [-0.25, -0.2) is 0 Å². The van der Waals surface area contributed by atoms with Crippen LogP contribution in [0.5, 0.6) is 0 Å². The van der Waals surface area contributed by atoms with Crippen LogP contribution >= 0.6 is 0 Å². The highest BCUT2D eigenvalue weighted by Crippen LogP contribution is 2.20. The minimum Gasteiger partial charge on any atom is -0.483 e. The molecule has 2 fully saturated rings. The van der Waals surface area contributed by atoms with Crippen LogP contribution in [0.25, 0.3) is 0 Å². The van der Waals surface area contributed by atoms with E-state index in [0.717, 1.165) is 5.69 Å². The second-order valence-corrected chi connectivity index (χ2v) is 5.50. The number of carboxylic acid groups (broad SMARTS) is 1. The molecule has 0 aromatic carbocycles. The van der Waals surface area contributed by atoms with Crippen LogP contribution in [-0.2, 0) is 25.5 Å². The fourth-order valence-corrected chi connectivity index (χ4v) is 2.76. The molecule has 0 aliphatic carbocycles. The number of carbonyl (C=O) groups excluding carboxylic acids is 2. The van der Waals surface area contributed by atoms with E-state index in [1.165, 1.54) is 0 Å². The van der Waals surface area contributed by atoms with Gasteiger partial charge in [0.1, 0.15) is 0 Å². The minimum absolute atomic E-state index is 0.0225. The molecule has 3 heterocycles. The number of hydrogen-bond donors (Lipinski definition) is 2. The number of aromatic amines is 1. The number of fused-ring (bicyclic) bond motifs is 3. The average Bonchev–Trinajstić information content (AvgIpc) is 2.92. The highest BCUT2D eigenvalue weighted by molar-refractivity contribution is 5.83. The molecule has 2 amide bonds. The van der Waals surface area contributed by atoms with Gasteiger partial charge >= 0.3 is 0 Å². The third kappa shape index (κ3) is 4.07. The second kappa shape index (κ2) is 7.73. The molecule has 0 saturated carbocycles. The first-order valence-corrected chi connectivity index (χ1v) is 7.25. The number of ether oxygens (including phenoxy) is 1. The summed E-state index contributed by atoms with van der Waals surface area (Å²) in [6, 6.07) is 1.73. The van der Waals surface area contributed by atoms with Crippen LogP contribution in [0.15, 0.2) is 12.3 Å². The van der Waals surface area contributed by atoms with Gasteiger partial charge < -0.3 is 19.6 Å². The number of rotatable bonds is 2. The number of carbonyl (C=O) groups is 3. The van der Waals surface area contributed by atoms with Crippen LogP contribution < -0.4 is 0 Å². The Labute approximate surface area is 133 Å². The molecule has 0 unspecified atom stereocenters. The maximum absolute atomic E-state index is 12.4. The van der Waals surface area contributed by atoms with Crippen molar-refractivity contribution >= 4 is 18.3 Å². The summed E-state index contributed by atoms with van der Waals surface area (Å²) in [6.45, 7) is 1.61. The Morgan fingerprint density at radius 2 is 2.26 bits per heavy atom. The third-order valence-corrected chi connectivity index (χ3v) is 4.00. The van der Waals surface area contributed by atoms with Gasteiger partial charge in [-0.2, -0.15) is 5.10 Å². The van der Waals surface area contributed by atoms with Crippen LogP contribution in [0.1, 0.15) is 5.69 Å². The van der Waals surface area contributed by atoms with Crippen molar-refractivity contribution < 1.29 is 24.2 Å². The van der Waals surface area contributed by atoms with E-state index in [0.29, 0.717) is 26.3 Å². The molecular weight excluding hydrogens is 304 g/mol. The lowest BCUT2D eigenvalue weighted by Gasteiger charge is -2.29.